The number of ether oxygens (including phenoxy) is 1. The second-order valence-electron chi connectivity index (χ2n) is 7.47. The molecular weight excluding hydrogens is 394 g/mol. The van der Waals surface area contributed by atoms with Gasteiger partial charge in [-0.15, -0.1) is 0 Å². The van der Waals surface area contributed by atoms with Crippen LogP contribution in [0.1, 0.15) is 34.6 Å². The van der Waals surface area contributed by atoms with Crippen molar-refractivity contribution in [3.05, 3.63) is 100 Å². The van der Waals surface area contributed by atoms with Crippen LogP contribution in [0.15, 0.2) is 72.8 Å². The van der Waals surface area contributed by atoms with E-state index >= 15 is 0 Å². The summed E-state index contributed by atoms with van der Waals surface area (Å²) in [6, 6.07) is 22.6. The van der Waals surface area contributed by atoms with Crippen LogP contribution >= 0.6 is 11.6 Å². The van der Waals surface area contributed by atoms with Crippen LogP contribution in [0.5, 0.6) is 0 Å². The molecule has 1 aliphatic rings. The normalized spacial score (nSPS) is 12.6. The maximum atomic E-state index is 12.2. The summed E-state index contributed by atoms with van der Waals surface area (Å²) in [4.78, 5) is 12.2. The van der Waals surface area contributed by atoms with Gasteiger partial charge in [0, 0.05) is 17.5 Å². The van der Waals surface area contributed by atoms with E-state index in [1.807, 2.05) is 61.5 Å². The Bertz CT molecular complexity index is 1040. The first kappa shape index (κ1) is 20.2. The molecule has 0 saturated carbocycles. The van der Waals surface area contributed by atoms with Crippen molar-refractivity contribution in [3.63, 3.8) is 0 Å². The summed E-state index contributed by atoms with van der Waals surface area (Å²) in [6.45, 7) is 2.87. The van der Waals surface area contributed by atoms with Crippen molar-refractivity contribution < 1.29 is 9.53 Å². The van der Waals surface area contributed by atoms with Gasteiger partial charge in [-0.25, -0.2) is 4.79 Å². The maximum Gasteiger partial charge on any atom is 0.407 e. The third-order valence-electron chi connectivity index (χ3n) is 5.37. The summed E-state index contributed by atoms with van der Waals surface area (Å²) >= 11 is 6.19. The van der Waals surface area contributed by atoms with Crippen molar-refractivity contribution >= 4 is 23.8 Å². The summed E-state index contributed by atoms with van der Waals surface area (Å²) in [5, 5.41) is 3.54. The highest BCUT2D eigenvalue weighted by Gasteiger charge is 2.28. The standard InChI is InChI=1S/C26H24ClNO2/c1-18-13-14-25(27)19(16-18)8-6-7-15-28-26(29)30-17-24-22-11-4-2-9-20(22)21-10-3-5-12-23(21)24/h2-6,8-14,16,24H,7,15,17H2,1H3,(H,28,29). The molecule has 4 rings (SSSR count). The molecule has 1 aliphatic carbocycles. The van der Waals surface area contributed by atoms with Crippen LogP contribution in [-0.4, -0.2) is 19.2 Å². The Morgan fingerprint density at radius 2 is 1.70 bits per heavy atom. The number of rotatable bonds is 6. The lowest BCUT2D eigenvalue weighted by atomic mass is 9.98. The van der Waals surface area contributed by atoms with Gasteiger partial charge in [0.1, 0.15) is 6.61 Å². The number of amides is 1. The molecule has 4 heteroatoms. The number of hydrogen-bond acceptors (Lipinski definition) is 2. The van der Waals surface area contributed by atoms with Crippen LogP contribution in [0.4, 0.5) is 4.79 Å². The number of carbonyl (C=O) groups is 1. The van der Waals surface area contributed by atoms with Crippen molar-refractivity contribution in [2.45, 2.75) is 19.3 Å². The fraction of sp³-hybridized carbons (Fsp3) is 0.192. The van der Waals surface area contributed by atoms with Crippen LogP contribution in [0.25, 0.3) is 17.2 Å². The summed E-state index contributed by atoms with van der Waals surface area (Å²) < 4.78 is 5.54. The third-order valence-corrected chi connectivity index (χ3v) is 5.72. The van der Waals surface area contributed by atoms with Gasteiger partial charge < -0.3 is 10.1 Å². The molecule has 1 N–H and O–H groups in total. The highest BCUT2D eigenvalue weighted by Crippen LogP contribution is 2.44. The Kier molecular flexibility index (Phi) is 6.20. The third kappa shape index (κ3) is 4.42. The molecule has 0 heterocycles. The molecule has 0 aromatic heterocycles. The van der Waals surface area contributed by atoms with Crippen LogP contribution in [0, 0.1) is 6.92 Å². The molecule has 0 atom stereocenters. The molecular formula is C26H24ClNO2. The molecule has 152 valence electrons. The molecule has 0 unspecified atom stereocenters. The van der Waals surface area contributed by atoms with E-state index in [-0.39, 0.29) is 12.0 Å². The van der Waals surface area contributed by atoms with E-state index in [1.165, 1.54) is 22.3 Å². The molecule has 30 heavy (non-hydrogen) atoms. The maximum absolute atomic E-state index is 12.2. The Morgan fingerprint density at radius 1 is 1.03 bits per heavy atom. The number of fused-ring (bicyclic) bond motifs is 3. The van der Waals surface area contributed by atoms with Crippen molar-refractivity contribution in [2.75, 3.05) is 13.2 Å². The smallest absolute Gasteiger partial charge is 0.407 e. The number of alkyl carbamates (subject to hydrolysis) is 1. The van der Waals surface area contributed by atoms with Crippen LogP contribution in [0.3, 0.4) is 0 Å². The monoisotopic (exact) mass is 417 g/mol. The number of nitrogens with one attached hydrogen (secondary N) is 1. The average Bonchev–Trinajstić information content (AvgIpc) is 3.08. The van der Waals surface area contributed by atoms with Gasteiger partial charge in [-0.3, -0.25) is 0 Å². The summed E-state index contributed by atoms with van der Waals surface area (Å²) in [5.74, 6) is 0.0755. The van der Waals surface area contributed by atoms with E-state index in [9.17, 15) is 4.79 Å². The first-order chi connectivity index (χ1) is 14.6. The highest BCUT2D eigenvalue weighted by atomic mass is 35.5. The van der Waals surface area contributed by atoms with Crippen LogP contribution in [0.2, 0.25) is 5.02 Å². The minimum Gasteiger partial charge on any atom is -0.449 e. The van der Waals surface area contributed by atoms with Gasteiger partial charge in [-0.05, 0) is 47.2 Å². The molecule has 0 aliphatic heterocycles. The van der Waals surface area contributed by atoms with Gasteiger partial charge in [0.25, 0.3) is 0 Å². The summed E-state index contributed by atoms with van der Waals surface area (Å²) in [6.07, 6.45) is 4.30. The predicted molar refractivity (Wildman–Crippen MR) is 123 cm³/mol. The van der Waals surface area contributed by atoms with E-state index in [1.54, 1.807) is 0 Å². The van der Waals surface area contributed by atoms with Gasteiger partial charge in [0.05, 0.1) is 0 Å². The van der Waals surface area contributed by atoms with E-state index in [4.69, 9.17) is 16.3 Å². The molecule has 0 fully saturated rings. The van der Waals surface area contributed by atoms with Gasteiger partial charge >= 0.3 is 6.09 Å². The van der Waals surface area contributed by atoms with Crippen molar-refractivity contribution in [1.29, 1.82) is 0 Å². The molecule has 0 spiro atoms. The van der Waals surface area contributed by atoms with Crippen molar-refractivity contribution in [1.82, 2.24) is 5.32 Å². The number of benzene rings is 3. The predicted octanol–water partition coefficient (Wildman–Crippen LogP) is 6.59. The zero-order valence-electron chi connectivity index (χ0n) is 16.9. The lowest BCUT2D eigenvalue weighted by Crippen LogP contribution is -2.26. The Morgan fingerprint density at radius 3 is 2.40 bits per heavy atom. The quantitative estimate of drug-likeness (QED) is 0.459. The van der Waals surface area contributed by atoms with E-state index in [0.29, 0.717) is 19.6 Å². The van der Waals surface area contributed by atoms with Crippen LogP contribution in [-0.2, 0) is 4.74 Å². The number of carbonyl (C=O) groups excluding carboxylic acids is 1. The summed E-state index contributed by atoms with van der Waals surface area (Å²) in [7, 11) is 0. The second-order valence-corrected chi connectivity index (χ2v) is 7.88. The first-order valence-corrected chi connectivity index (χ1v) is 10.5. The Labute approximate surface area is 182 Å². The number of halogens is 1. The van der Waals surface area contributed by atoms with E-state index in [0.717, 1.165) is 16.1 Å². The molecule has 1 amide bonds. The minimum atomic E-state index is -0.390. The lowest BCUT2D eigenvalue weighted by Gasteiger charge is -2.14. The molecule has 3 aromatic carbocycles. The molecule has 0 radical (unpaired) electrons. The van der Waals surface area contributed by atoms with Gasteiger partial charge in [0.2, 0.25) is 0 Å². The van der Waals surface area contributed by atoms with E-state index < -0.39 is 0 Å². The zero-order valence-corrected chi connectivity index (χ0v) is 17.7. The van der Waals surface area contributed by atoms with E-state index in [2.05, 4.69) is 29.6 Å². The highest BCUT2D eigenvalue weighted by molar-refractivity contribution is 6.32. The topological polar surface area (TPSA) is 38.3 Å². The number of aryl methyl sites for hydroxylation is 1. The zero-order chi connectivity index (χ0) is 20.9. The average molecular weight is 418 g/mol. The van der Waals surface area contributed by atoms with Gasteiger partial charge in [-0.2, -0.15) is 0 Å². The lowest BCUT2D eigenvalue weighted by molar-refractivity contribution is 0.143. The van der Waals surface area contributed by atoms with Gasteiger partial charge in [0.15, 0.2) is 0 Å². The fourth-order valence-electron chi connectivity index (χ4n) is 3.91. The fourth-order valence-corrected chi connectivity index (χ4v) is 4.09. The van der Waals surface area contributed by atoms with Crippen molar-refractivity contribution in [3.8, 4) is 11.1 Å². The molecule has 0 bridgehead atoms. The molecule has 3 aromatic rings. The SMILES string of the molecule is Cc1ccc(Cl)c(C=CCCNC(=O)OCC2c3ccccc3-c3ccccc32)c1. The number of hydrogen-bond donors (Lipinski definition) is 1. The second kappa shape index (κ2) is 9.19. The van der Waals surface area contributed by atoms with Crippen molar-refractivity contribution in [2.24, 2.45) is 0 Å². The summed E-state index contributed by atoms with van der Waals surface area (Å²) in [5.41, 5.74) is 7.02. The van der Waals surface area contributed by atoms with Crippen LogP contribution < -0.4 is 5.32 Å². The van der Waals surface area contributed by atoms with Gasteiger partial charge in [-0.1, -0.05) is 90.0 Å². The molecule has 3 nitrogen and oxygen atoms in total. The minimum absolute atomic E-state index is 0.0755. The Balaban J connectivity index is 1.28. The first-order valence-electron chi connectivity index (χ1n) is 10.1. The molecule has 0 saturated heterocycles. The largest absolute Gasteiger partial charge is 0.449 e. The Hall–Kier alpha value is -3.04.